The lowest BCUT2D eigenvalue weighted by atomic mass is 9.51. The Hall–Kier alpha value is -1.82. The van der Waals surface area contributed by atoms with Crippen molar-refractivity contribution in [2.24, 2.45) is 11.8 Å². The molecule has 4 aliphatic rings. The molecule has 1 heterocycles. The normalized spacial score (nSPS) is 33.4. The summed E-state index contributed by atoms with van der Waals surface area (Å²) in [5.41, 5.74) is 0.275. The molecule has 6 heteroatoms. The van der Waals surface area contributed by atoms with Crippen LogP contribution in [0.5, 0.6) is 0 Å². The van der Waals surface area contributed by atoms with Gasteiger partial charge in [-0.1, -0.05) is 11.6 Å². The van der Waals surface area contributed by atoms with Crippen molar-refractivity contribution < 1.29 is 19.4 Å². The zero-order chi connectivity index (χ0) is 19.5. The monoisotopic (exact) mass is 401 g/mol. The predicted molar refractivity (Wildman–Crippen MR) is 105 cm³/mol. The van der Waals surface area contributed by atoms with E-state index in [1.54, 1.807) is 6.07 Å². The first-order valence-electron chi connectivity index (χ1n) is 9.93. The summed E-state index contributed by atoms with van der Waals surface area (Å²) in [5, 5.41) is 24.3. The molecular weight excluding hydrogens is 378 g/mol. The number of furan rings is 1. The van der Waals surface area contributed by atoms with E-state index >= 15 is 0 Å². The van der Waals surface area contributed by atoms with Gasteiger partial charge in [-0.3, -0.25) is 0 Å². The molecule has 0 saturated heterocycles. The first-order valence-corrected chi connectivity index (χ1v) is 10.3. The standard InChI is InChI=1S/C22H24ClNO4/c23-18-3-1-15(20(25)26)6-17(18)19-4-2-16(28-19)11-24-21-7-13-5-14(8-21)10-22(27,9-13)12-21/h1-4,6,13-14,24,27H,5,7-12H2,(H,25,26). The first-order chi connectivity index (χ1) is 13.3. The highest BCUT2D eigenvalue weighted by molar-refractivity contribution is 6.33. The second kappa shape index (κ2) is 6.34. The van der Waals surface area contributed by atoms with Gasteiger partial charge in [0.25, 0.3) is 0 Å². The molecule has 5 nitrogen and oxygen atoms in total. The molecule has 4 fully saturated rings. The summed E-state index contributed by atoms with van der Waals surface area (Å²) < 4.78 is 5.97. The van der Waals surface area contributed by atoms with Crippen LogP contribution in [0.1, 0.15) is 54.6 Å². The number of nitrogens with one attached hydrogen (secondary N) is 1. The second-order valence-electron chi connectivity index (χ2n) is 9.08. The van der Waals surface area contributed by atoms with Crippen LogP contribution in [0.25, 0.3) is 11.3 Å². The zero-order valence-corrected chi connectivity index (χ0v) is 16.3. The summed E-state index contributed by atoms with van der Waals surface area (Å²) in [7, 11) is 0. The SMILES string of the molecule is O=C(O)c1ccc(Cl)c(-c2ccc(CNC34CC5CC(CC(O)(C5)C3)C4)o2)c1. The Morgan fingerprint density at radius 3 is 2.61 bits per heavy atom. The number of carbonyl (C=O) groups is 1. The van der Waals surface area contributed by atoms with Crippen LogP contribution in [-0.2, 0) is 6.54 Å². The van der Waals surface area contributed by atoms with Gasteiger partial charge in [0.1, 0.15) is 11.5 Å². The lowest BCUT2D eigenvalue weighted by Crippen LogP contribution is -2.64. The molecule has 6 rings (SSSR count). The van der Waals surface area contributed by atoms with Gasteiger partial charge in [-0.15, -0.1) is 0 Å². The largest absolute Gasteiger partial charge is 0.478 e. The van der Waals surface area contributed by atoms with Crippen molar-refractivity contribution in [2.45, 2.75) is 56.2 Å². The van der Waals surface area contributed by atoms with Gasteiger partial charge >= 0.3 is 5.97 Å². The third-order valence-electron chi connectivity index (χ3n) is 6.81. The lowest BCUT2D eigenvalue weighted by molar-refractivity contribution is -0.143. The maximum atomic E-state index is 11.2. The molecular formula is C22H24ClNO4. The molecule has 0 spiro atoms. The lowest BCUT2D eigenvalue weighted by Gasteiger charge is -2.60. The fraction of sp³-hybridized carbons (Fsp3) is 0.500. The molecule has 2 aromatic rings. The Morgan fingerprint density at radius 2 is 1.93 bits per heavy atom. The minimum Gasteiger partial charge on any atom is -0.478 e. The van der Waals surface area contributed by atoms with Gasteiger partial charge in [-0.25, -0.2) is 4.79 Å². The van der Waals surface area contributed by atoms with Gasteiger partial charge in [0.2, 0.25) is 0 Å². The Morgan fingerprint density at radius 1 is 1.18 bits per heavy atom. The number of aromatic carboxylic acids is 1. The van der Waals surface area contributed by atoms with Crippen molar-refractivity contribution in [3.63, 3.8) is 0 Å². The van der Waals surface area contributed by atoms with E-state index in [-0.39, 0.29) is 11.1 Å². The van der Waals surface area contributed by atoms with E-state index in [2.05, 4.69) is 5.32 Å². The van der Waals surface area contributed by atoms with Crippen LogP contribution in [0.3, 0.4) is 0 Å². The quantitative estimate of drug-likeness (QED) is 0.688. The van der Waals surface area contributed by atoms with E-state index in [0.717, 1.165) is 37.9 Å². The molecule has 0 amide bonds. The van der Waals surface area contributed by atoms with Crippen LogP contribution in [0.15, 0.2) is 34.7 Å². The van der Waals surface area contributed by atoms with E-state index < -0.39 is 11.6 Å². The van der Waals surface area contributed by atoms with Crippen LogP contribution in [0.2, 0.25) is 5.02 Å². The molecule has 148 valence electrons. The second-order valence-corrected chi connectivity index (χ2v) is 9.49. The smallest absolute Gasteiger partial charge is 0.335 e. The number of benzene rings is 1. The molecule has 3 N–H and O–H groups in total. The number of rotatable bonds is 5. The van der Waals surface area contributed by atoms with Crippen molar-refractivity contribution in [1.29, 1.82) is 0 Å². The molecule has 1 aromatic carbocycles. The molecule has 4 bridgehead atoms. The Balaban J connectivity index is 1.33. The van der Waals surface area contributed by atoms with Gasteiger partial charge in [0.05, 0.1) is 22.7 Å². The average molecular weight is 402 g/mol. The molecule has 2 unspecified atom stereocenters. The summed E-state index contributed by atoms with van der Waals surface area (Å²) in [5.74, 6) is 1.61. The average Bonchev–Trinajstić information content (AvgIpc) is 3.07. The number of carboxylic acid groups (broad SMARTS) is 1. The first kappa shape index (κ1) is 18.2. The summed E-state index contributed by atoms with van der Waals surface area (Å²) >= 11 is 6.25. The van der Waals surface area contributed by atoms with Crippen molar-refractivity contribution in [1.82, 2.24) is 5.32 Å². The van der Waals surface area contributed by atoms with Crippen LogP contribution in [0.4, 0.5) is 0 Å². The maximum Gasteiger partial charge on any atom is 0.335 e. The fourth-order valence-electron chi connectivity index (χ4n) is 6.16. The van der Waals surface area contributed by atoms with Gasteiger partial charge in [-0.05, 0) is 80.7 Å². The molecule has 4 saturated carbocycles. The van der Waals surface area contributed by atoms with Crippen LogP contribution in [0, 0.1) is 11.8 Å². The summed E-state index contributed by atoms with van der Waals surface area (Å²) in [4.78, 5) is 11.2. The van der Waals surface area contributed by atoms with Gasteiger partial charge in [0.15, 0.2) is 0 Å². The number of aliphatic hydroxyl groups is 1. The van der Waals surface area contributed by atoms with Crippen LogP contribution >= 0.6 is 11.6 Å². The maximum absolute atomic E-state index is 11.2. The number of hydrogen-bond donors (Lipinski definition) is 3. The number of carboxylic acids is 1. The van der Waals surface area contributed by atoms with Crippen molar-refractivity contribution in [2.75, 3.05) is 0 Å². The third-order valence-corrected chi connectivity index (χ3v) is 7.14. The molecule has 28 heavy (non-hydrogen) atoms. The van der Waals surface area contributed by atoms with Crippen molar-refractivity contribution in [3.8, 4) is 11.3 Å². The van der Waals surface area contributed by atoms with E-state index in [4.69, 9.17) is 16.0 Å². The summed E-state index contributed by atoms with van der Waals surface area (Å²) in [6, 6.07) is 8.34. The van der Waals surface area contributed by atoms with E-state index in [0.29, 0.717) is 34.7 Å². The van der Waals surface area contributed by atoms with E-state index in [1.807, 2.05) is 12.1 Å². The Kier molecular flexibility index (Phi) is 4.13. The van der Waals surface area contributed by atoms with Crippen LogP contribution in [-0.4, -0.2) is 27.3 Å². The molecule has 0 aliphatic heterocycles. The Labute approximate surface area is 168 Å². The van der Waals surface area contributed by atoms with Gasteiger partial charge in [-0.2, -0.15) is 0 Å². The Bertz CT molecular complexity index is 922. The summed E-state index contributed by atoms with van der Waals surface area (Å²) in [6.07, 6.45) is 6.26. The third kappa shape index (κ3) is 3.15. The van der Waals surface area contributed by atoms with E-state index in [9.17, 15) is 15.0 Å². The highest BCUT2D eigenvalue weighted by atomic mass is 35.5. The van der Waals surface area contributed by atoms with Gasteiger partial charge in [0, 0.05) is 11.1 Å². The summed E-state index contributed by atoms with van der Waals surface area (Å²) in [6.45, 7) is 0.589. The molecule has 1 aromatic heterocycles. The number of hydrogen-bond acceptors (Lipinski definition) is 4. The predicted octanol–water partition coefficient (Wildman–Crippen LogP) is 4.47. The highest BCUT2D eigenvalue weighted by Crippen LogP contribution is 2.57. The van der Waals surface area contributed by atoms with Gasteiger partial charge < -0.3 is 19.9 Å². The highest BCUT2D eigenvalue weighted by Gasteiger charge is 2.56. The molecule has 0 radical (unpaired) electrons. The fourth-order valence-corrected chi connectivity index (χ4v) is 6.37. The van der Waals surface area contributed by atoms with Crippen molar-refractivity contribution >= 4 is 17.6 Å². The minimum absolute atomic E-state index is 0.00660. The molecule has 2 atom stereocenters. The molecule has 4 aliphatic carbocycles. The van der Waals surface area contributed by atoms with Crippen molar-refractivity contribution in [3.05, 3.63) is 46.7 Å². The zero-order valence-electron chi connectivity index (χ0n) is 15.6. The van der Waals surface area contributed by atoms with E-state index in [1.165, 1.54) is 18.6 Å². The van der Waals surface area contributed by atoms with Crippen LogP contribution < -0.4 is 5.32 Å². The minimum atomic E-state index is -0.994. The topological polar surface area (TPSA) is 82.7 Å². The number of halogens is 1.